The number of nitrogens with zero attached hydrogens (tertiary/aromatic N) is 1. The SMILES string of the molecule is O=C(CCCCC1SC[C@H]2NC(=O)N[C@@H]12)NCCOCCOCCOCCNC(=O)CCSSCCNC(=O)CCC(=O)N1Cc2ccccc2C#Cc2ccccc21. The van der Waals surface area contributed by atoms with Crippen LogP contribution in [0.15, 0.2) is 48.5 Å². The van der Waals surface area contributed by atoms with E-state index in [-0.39, 0.29) is 54.6 Å². The Labute approximate surface area is 359 Å². The molecule has 5 N–H and O–H groups in total. The van der Waals surface area contributed by atoms with Crippen LogP contribution in [0.1, 0.15) is 61.6 Å². The zero-order valence-corrected chi connectivity index (χ0v) is 35.9. The molecule has 5 rings (SSSR count). The smallest absolute Gasteiger partial charge is 0.315 e. The summed E-state index contributed by atoms with van der Waals surface area (Å²) in [5, 5.41) is 15.0. The Bertz CT molecular complexity index is 1760. The van der Waals surface area contributed by atoms with Crippen LogP contribution in [0.4, 0.5) is 10.5 Å². The lowest BCUT2D eigenvalue weighted by atomic mass is 10.0. The summed E-state index contributed by atoms with van der Waals surface area (Å²) >= 11 is 1.89. The number of anilines is 1. The van der Waals surface area contributed by atoms with Crippen molar-refractivity contribution in [3.8, 4) is 11.8 Å². The lowest BCUT2D eigenvalue weighted by Crippen LogP contribution is -2.36. The van der Waals surface area contributed by atoms with Gasteiger partial charge in [0, 0.05) is 79.0 Å². The number of para-hydroxylation sites is 1. The molecule has 2 saturated heterocycles. The second-order valence-corrected chi connectivity index (χ2v) is 18.0. The maximum Gasteiger partial charge on any atom is 0.315 e. The number of ether oxygens (including phenoxy) is 3. The number of rotatable bonds is 27. The van der Waals surface area contributed by atoms with Gasteiger partial charge in [-0.1, -0.05) is 70.2 Å². The number of nitrogens with one attached hydrogen (secondary N) is 5. The molecule has 0 aliphatic carbocycles. The molecule has 2 aromatic carbocycles. The van der Waals surface area contributed by atoms with Crippen LogP contribution >= 0.6 is 33.3 Å². The number of urea groups is 1. The Kier molecular flexibility index (Phi) is 20.6. The minimum absolute atomic E-state index is 0.0251. The largest absolute Gasteiger partial charge is 0.377 e. The number of thioether (sulfide) groups is 1. The van der Waals surface area contributed by atoms with Crippen molar-refractivity contribution in [3.63, 3.8) is 0 Å². The molecule has 14 nitrogen and oxygen atoms in total. The predicted molar refractivity (Wildman–Crippen MR) is 234 cm³/mol. The van der Waals surface area contributed by atoms with Gasteiger partial charge in [-0.25, -0.2) is 4.79 Å². The molecule has 0 saturated carbocycles. The van der Waals surface area contributed by atoms with Gasteiger partial charge in [-0.3, -0.25) is 19.2 Å². The Morgan fingerprint density at radius 1 is 0.712 bits per heavy atom. The molecule has 0 radical (unpaired) electrons. The lowest BCUT2D eigenvalue weighted by Gasteiger charge is -2.26. The van der Waals surface area contributed by atoms with E-state index in [9.17, 15) is 24.0 Å². The van der Waals surface area contributed by atoms with E-state index >= 15 is 0 Å². The fourth-order valence-corrected chi connectivity index (χ4v) is 10.1. The molecule has 320 valence electrons. The number of amides is 6. The molecule has 2 aromatic rings. The average molecular weight is 869 g/mol. The molecule has 2 fully saturated rings. The van der Waals surface area contributed by atoms with E-state index in [4.69, 9.17) is 14.2 Å². The number of hydrogen-bond acceptors (Lipinski definition) is 11. The van der Waals surface area contributed by atoms with Gasteiger partial charge in [0.25, 0.3) is 0 Å². The molecule has 3 aliphatic heterocycles. The molecule has 3 heterocycles. The molecule has 6 amide bonds. The molecule has 0 aromatic heterocycles. The number of carbonyl (C=O) groups is 5. The topological polar surface area (TPSA) is 176 Å². The summed E-state index contributed by atoms with van der Waals surface area (Å²) in [6.07, 6.45) is 3.85. The molecule has 3 aliphatic rings. The second-order valence-electron chi connectivity index (χ2n) is 14.1. The first-order valence-corrected chi connectivity index (χ1v) is 23.9. The molecule has 3 atom stereocenters. The maximum atomic E-state index is 13.3. The molecular weight excluding hydrogens is 813 g/mol. The third kappa shape index (κ3) is 16.6. The van der Waals surface area contributed by atoms with Gasteiger partial charge in [-0.15, -0.1) is 0 Å². The van der Waals surface area contributed by atoms with Gasteiger partial charge in [0.15, 0.2) is 0 Å². The van der Waals surface area contributed by atoms with E-state index < -0.39 is 0 Å². The Balaban J connectivity index is 0.759. The van der Waals surface area contributed by atoms with Crippen LogP contribution in [0.25, 0.3) is 0 Å². The van der Waals surface area contributed by atoms with Crippen LogP contribution in [0, 0.1) is 11.8 Å². The van der Waals surface area contributed by atoms with E-state index in [1.807, 2.05) is 60.3 Å². The van der Waals surface area contributed by atoms with Gasteiger partial charge in [0.1, 0.15) is 0 Å². The van der Waals surface area contributed by atoms with Crippen LogP contribution in [0.5, 0.6) is 0 Å². The Morgan fingerprint density at radius 3 is 2.12 bits per heavy atom. The van der Waals surface area contributed by atoms with Gasteiger partial charge in [-0.05, 0) is 36.6 Å². The number of unbranched alkanes of at least 4 members (excludes halogenated alkanes) is 1. The third-order valence-corrected chi connectivity index (χ3v) is 13.6. The monoisotopic (exact) mass is 868 g/mol. The number of hydrogen-bond donors (Lipinski definition) is 5. The Hall–Kier alpha value is -3.92. The molecule has 0 spiro atoms. The summed E-state index contributed by atoms with van der Waals surface area (Å²) in [5.41, 5.74) is 3.40. The molecular formula is C42H56N6O8S3. The molecule has 17 heteroatoms. The van der Waals surface area contributed by atoms with Crippen molar-refractivity contribution >= 4 is 68.7 Å². The summed E-state index contributed by atoms with van der Waals surface area (Å²) in [4.78, 5) is 63.3. The highest BCUT2D eigenvalue weighted by Gasteiger charge is 2.42. The fourth-order valence-electron chi connectivity index (χ4n) is 6.65. The lowest BCUT2D eigenvalue weighted by molar-refractivity contribution is -0.125. The second kappa shape index (κ2) is 26.3. The van der Waals surface area contributed by atoms with Crippen molar-refractivity contribution in [2.45, 2.75) is 68.8 Å². The van der Waals surface area contributed by atoms with Gasteiger partial charge in [0.2, 0.25) is 23.6 Å². The van der Waals surface area contributed by atoms with Crippen molar-refractivity contribution in [1.29, 1.82) is 0 Å². The van der Waals surface area contributed by atoms with Crippen LogP contribution in [-0.4, -0.2) is 124 Å². The zero-order valence-electron chi connectivity index (χ0n) is 33.4. The highest BCUT2D eigenvalue weighted by Crippen LogP contribution is 2.33. The van der Waals surface area contributed by atoms with E-state index in [1.54, 1.807) is 26.5 Å². The predicted octanol–water partition coefficient (Wildman–Crippen LogP) is 3.61. The minimum atomic E-state index is -0.169. The first kappa shape index (κ1) is 46.2. The number of carbonyl (C=O) groups excluding carboxylic acids is 5. The molecule has 0 bridgehead atoms. The van der Waals surface area contributed by atoms with E-state index in [0.717, 1.165) is 47.4 Å². The zero-order chi connectivity index (χ0) is 41.5. The maximum absolute atomic E-state index is 13.3. The summed E-state index contributed by atoms with van der Waals surface area (Å²) < 4.78 is 16.5. The van der Waals surface area contributed by atoms with Gasteiger partial charge in [-0.2, -0.15) is 11.8 Å². The van der Waals surface area contributed by atoms with Crippen LogP contribution in [0.2, 0.25) is 0 Å². The van der Waals surface area contributed by atoms with Crippen molar-refractivity contribution in [1.82, 2.24) is 26.6 Å². The standard InChI is InChI=1S/C42H56N6O8S3/c49-37(12-6-5-11-36-41-34(30-57-36)46-42(53)47-41)43-18-21-54-23-25-56-26-24-55-22-19-44-39(51)17-27-58-59-28-20-45-38(50)15-16-40(52)48-29-33-9-2-1-7-31(33)13-14-32-8-3-4-10-35(32)48/h1-4,7-10,34,36,41H,5-6,11-12,15-30H2,(H,43,49)(H,44,51)(H,45,50)(H2,46,47,53)/t34-,36?,41-/m1/s1. The first-order valence-electron chi connectivity index (χ1n) is 20.3. The minimum Gasteiger partial charge on any atom is -0.377 e. The van der Waals surface area contributed by atoms with Gasteiger partial charge >= 0.3 is 6.03 Å². The quantitative estimate of drug-likeness (QED) is 0.0384. The number of fused-ring (bicyclic) bond motifs is 3. The van der Waals surface area contributed by atoms with Crippen LogP contribution < -0.4 is 31.5 Å². The van der Waals surface area contributed by atoms with Crippen molar-refractivity contribution in [2.75, 3.05) is 81.4 Å². The summed E-state index contributed by atoms with van der Waals surface area (Å²) in [6, 6.07) is 15.8. The molecule has 1 unspecified atom stereocenters. The highest BCUT2D eigenvalue weighted by molar-refractivity contribution is 8.76. The average Bonchev–Trinajstić information content (AvgIpc) is 3.79. The normalized spacial score (nSPS) is 17.5. The fraction of sp³-hybridized carbons (Fsp3) is 0.548. The summed E-state index contributed by atoms with van der Waals surface area (Å²) in [5.74, 6) is 8.38. The van der Waals surface area contributed by atoms with Crippen LogP contribution in [-0.2, 0) is 39.9 Å². The van der Waals surface area contributed by atoms with Gasteiger partial charge < -0.3 is 45.7 Å². The van der Waals surface area contributed by atoms with E-state index in [1.165, 1.54) is 0 Å². The van der Waals surface area contributed by atoms with Crippen molar-refractivity contribution in [3.05, 3.63) is 65.2 Å². The Morgan fingerprint density at radius 2 is 1.34 bits per heavy atom. The molecule has 59 heavy (non-hydrogen) atoms. The highest BCUT2D eigenvalue weighted by atomic mass is 33.1. The third-order valence-electron chi connectivity index (χ3n) is 9.70. The first-order chi connectivity index (χ1) is 28.9. The van der Waals surface area contributed by atoms with Crippen molar-refractivity contribution < 1.29 is 38.2 Å². The number of benzene rings is 2. The van der Waals surface area contributed by atoms with E-state index in [0.29, 0.717) is 95.4 Å². The summed E-state index contributed by atoms with van der Waals surface area (Å²) in [6.45, 7) is 4.25. The summed E-state index contributed by atoms with van der Waals surface area (Å²) in [7, 11) is 3.17. The van der Waals surface area contributed by atoms with E-state index in [2.05, 4.69) is 38.4 Å². The van der Waals surface area contributed by atoms with Crippen molar-refractivity contribution in [2.24, 2.45) is 0 Å². The van der Waals surface area contributed by atoms with Gasteiger partial charge in [0.05, 0.1) is 64.0 Å². The van der Waals surface area contributed by atoms with Crippen LogP contribution in [0.3, 0.4) is 0 Å².